The first-order chi connectivity index (χ1) is 8.52. The lowest BCUT2D eigenvalue weighted by Crippen LogP contribution is -2.41. The Labute approximate surface area is 106 Å². The van der Waals surface area contributed by atoms with Gasteiger partial charge in [0, 0.05) is 6.54 Å². The van der Waals surface area contributed by atoms with Crippen LogP contribution in [0.15, 0.2) is 18.2 Å². The maximum absolute atomic E-state index is 13.7. The Bertz CT molecular complexity index is 453. The molecule has 0 bridgehead atoms. The predicted octanol–water partition coefficient (Wildman–Crippen LogP) is 2.17. The number of halogens is 1. The van der Waals surface area contributed by atoms with Crippen LogP contribution in [0.2, 0.25) is 0 Å². The van der Waals surface area contributed by atoms with Crippen molar-refractivity contribution in [3.63, 3.8) is 0 Å². The summed E-state index contributed by atoms with van der Waals surface area (Å²) < 4.78 is 13.7. The molecule has 1 aromatic carbocycles. The quantitative estimate of drug-likeness (QED) is 0.865. The number of nitrogens with one attached hydrogen (secondary N) is 1. The van der Waals surface area contributed by atoms with Crippen molar-refractivity contribution in [2.45, 2.75) is 38.2 Å². The van der Waals surface area contributed by atoms with Crippen molar-refractivity contribution in [2.24, 2.45) is 0 Å². The number of amides is 1. The Hall–Kier alpha value is -1.42. The van der Waals surface area contributed by atoms with Crippen LogP contribution in [-0.2, 0) is 0 Å². The largest absolute Gasteiger partial charge is 0.388 e. The number of carbonyl (C=O) groups excluding carboxylic acids is 1. The van der Waals surface area contributed by atoms with Crippen LogP contribution >= 0.6 is 0 Å². The molecule has 1 fully saturated rings. The van der Waals surface area contributed by atoms with Crippen molar-refractivity contribution < 1.29 is 14.3 Å². The summed E-state index contributed by atoms with van der Waals surface area (Å²) in [5.74, 6) is -0.954. The standard InChI is InChI=1S/C14H18FNO2/c1-10-5-4-6-11(12(10)15)13(17)16-9-14(18)7-2-3-8-14/h4-6,18H,2-3,7-9H2,1H3,(H,16,17). The molecule has 98 valence electrons. The molecule has 1 amide bonds. The molecule has 0 aromatic heterocycles. The van der Waals surface area contributed by atoms with E-state index in [1.807, 2.05) is 0 Å². The maximum atomic E-state index is 13.7. The molecule has 1 aliphatic carbocycles. The monoisotopic (exact) mass is 251 g/mol. The van der Waals surface area contributed by atoms with E-state index in [1.54, 1.807) is 19.1 Å². The van der Waals surface area contributed by atoms with Gasteiger partial charge in [0.15, 0.2) is 0 Å². The summed E-state index contributed by atoms with van der Waals surface area (Å²) in [6, 6.07) is 4.73. The third kappa shape index (κ3) is 2.70. The molecule has 18 heavy (non-hydrogen) atoms. The van der Waals surface area contributed by atoms with Crippen LogP contribution in [0.3, 0.4) is 0 Å². The van der Waals surface area contributed by atoms with Crippen molar-refractivity contribution in [2.75, 3.05) is 6.54 Å². The highest BCUT2D eigenvalue weighted by atomic mass is 19.1. The fourth-order valence-electron chi connectivity index (χ4n) is 2.37. The first kappa shape index (κ1) is 13.0. The van der Waals surface area contributed by atoms with Gasteiger partial charge in [-0.3, -0.25) is 4.79 Å². The Balaban J connectivity index is 2.01. The van der Waals surface area contributed by atoms with Crippen molar-refractivity contribution >= 4 is 5.91 Å². The maximum Gasteiger partial charge on any atom is 0.254 e. The van der Waals surface area contributed by atoms with E-state index in [0.717, 1.165) is 12.8 Å². The number of benzene rings is 1. The minimum atomic E-state index is -0.810. The Morgan fingerprint density at radius 1 is 1.44 bits per heavy atom. The van der Waals surface area contributed by atoms with E-state index in [-0.39, 0.29) is 12.1 Å². The van der Waals surface area contributed by atoms with Gasteiger partial charge in [-0.25, -0.2) is 4.39 Å². The third-order valence-electron chi connectivity index (χ3n) is 3.55. The Morgan fingerprint density at radius 2 is 2.11 bits per heavy atom. The average molecular weight is 251 g/mol. The second kappa shape index (κ2) is 5.06. The van der Waals surface area contributed by atoms with Crippen LogP contribution in [0.25, 0.3) is 0 Å². The molecule has 1 aliphatic rings. The fraction of sp³-hybridized carbons (Fsp3) is 0.500. The van der Waals surface area contributed by atoms with Crippen LogP contribution in [-0.4, -0.2) is 23.2 Å². The highest BCUT2D eigenvalue weighted by Crippen LogP contribution is 2.28. The van der Waals surface area contributed by atoms with E-state index in [0.29, 0.717) is 18.4 Å². The molecule has 0 saturated heterocycles. The van der Waals surface area contributed by atoms with Gasteiger partial charge < -0.3 is 10.4 Å². The number of hydrogen-bond acceptors (Lipinski definition) is 2. The zero-order chi connectivity index (χ0) is 13.2. The Kier molecular flexibility index (Phi) is 3.66. The van der Waals surface area contributed by atoms with Crippen LogP contribution in [0.4, 0.5) is 4.39 Å². The highest BCUT2D eigenvalue weighted by molar-refractivity contribution is 5.94. The first-order valence-corrected chi connectivity index (χ1v) is 6.27. The molecular formula is C14H18FNO2. The number of aliphatic hydroxyl groups is 1. The summed E-state index contributed by atoms with van der Waals surface area (Å²) >= 11 is 0. The SMILES string of the molecule is Cc1cccc(C(=O)NCC2(O)CCCC2)c1F. The summed E-state index contributed by atoms with van der Waals surface area (Å²) in [7, 11) is 0. The average Bonchev–Trinajstić information content (AvgIpc) is 2.77. The Morgan fingerprint density at radius 3 is 2.78 bits per heavy atom. The normalized spacial score (nSPS) is 17.7. The summed E-state index contributed by atoms with van der Waals surface area (Å²) in [5.41, 5.74) is -0.325. The fourth-order valence-corrected chi connectivity index (χ4v) is 2.37. The van der Waals surface area contributed by atoms with E-state index >= 15 is 0 Å². The molecule has 0 radical (unpaired) electrons. The number of hydrogen-bond donors (Lipinski definition) is 2. The van der Waals surface area contributed by atoms with Crippen LogP contribution in [0, 0.1) is 12.7 Å². The van der Waals surface area contributed by atoms with Gasteiger partial charge in [0.2, 0.25) is 0 Å². The molecule has 1 aromatic rings. The summed E-state index contributed by atoms with van der Waals surface area (Å²) in [5, 5.41) is 12.7. The lowest BCUT2D eigenvalue weighted by Gasteiger charge is -2.22. The van der Waals surface area contributed by atoms with E-state index in [1.165, 1.54) is 6.07 Å². The topological polar surface area (TPSA) is 49.3 Å². The van der Waals surface area contributed by atoms with Gasteiger partial charge >= 0.3 is 0 Å². The van der Waals surface area contributed by atoms with Gasteiger partial charge in [-0.15, -0.1) is 0 Å². The smallest absolute Gasteiger partial charge is 0.254 e. The second-order valence-electron chi connectivity index (χ2n) is 5.05. The zero-order valence-corrected chi connectivity index (χ0v) is 10.5. The van der Waals surface area contributed by atoms with Crippen molar-refractivity contribution in [3.8, 4) is 0 Å². The first-order valence-electron chi connectivity index (χ1n) is 6.27. The van der Waals surface area contributed by atoms with E-state index in [2.05, 4.69) is 5.32 Å². The van der Waals surface area contributed by atoms with Gasteiger partial charge in [0.25, 0.3) is 5.91 Å². The highest BCUT2D eigenvalue weighted by Gasteiger charge is 2.31. The van der Waals surface area contributed by atoms with Gasteiger partial charge in [-0.05, 0) is 31.4 Å². The molecule has 1 saturated carbocycles. The zero-order valence-electron chi connectivity index (χ0n) is 10.5. The minimum Gasteiger partial charge on any atom is -0.388 e. The number of carbonyl (C=O) groups is 1. The van der Waals surface area contributed by atoms with E-state index < -0.39 is 17.3 Å². The molecule has 0 aliphatic heterocycles. The molecule has 0 atom stereocenters. The van der Waals surface area contributed by atoms with Crippen molar-refractivity contribution in [3.05, 3.63) is 35.1 Å². The second-order valence-corrected chi connectivity index (χ2v) is 5.05. The molecule has 2 N–H and O–H groups in total. The predicted molar refractivity (Wildman–Crippen MR) is 66.9 cm³/mol. The lowest BCUT2D eigenvalue weighted by molar-refractivity contribution is 0.0448. The molecule has 2 rings (SSSR count). The van der Waals surface area contributed by atoms with E-state index in [9.17, 15) is 14.3 Å². The van der Waals surface area contributed by atoms with Gasteiger partial charge in [0.05, 0.1) is 11.2 Å². The van der Waals surface area contributed by atoms with Crippen LogP contribution in [0.1, 0.15) is 41.6 Å². The van der Waals surface area contributed by atoms with Crippen molar-refractivity contribution in [1.29, 1.82) is 0 Å². The molecule has 3 nitrogen and oxygen atoms in total. The van der Waals surface area contributed by atoms with Gasteiger partial charge in [0.1, 0.15) is 5.82 Å². The third-order valence-corrected chi connectivity index (χ3v) is 3.55. The van der Waals surface area contributed by atoms with Crippen LogP contribution in [0.5, 0.6) is 0 Å². The number of rotatable bonds is 3. The molecule has 0 unspecified atom stereocenters. The van der Waals surface area contributed by atoms with Gasteiger partial charge in [-0.2, -0.15) is 0 Å². The van der Waals surface area contributed by atoms with E-state index in [4.69, 9.17) is 0 Å². The summed E-state index contributed by atoms with van der Waals surface area (Å²) in [6.07, 6.45) is 3.35. The summed E-state index contributed by atoms with van der Waals surface area (Å²) in [4.78, 5) is 11.9. The summed E-state index contributed by atoms with van der Waals surface area (Å²) in [6.45, 7) is 1.82. The minimum absolute atomic E-state index is 0.0385. The van der Waals surface area contributed by atoms with Gasteiger partial charge in [-0.1, -0.05) is 25.0 Å². The molecule has 4 heteroatoms. The number of aryl methyl sites for hydroxylation is 1. The van der Waals surface area contributed by atoms with Crippen molar-refractivity contribution in [1.82, 2.24) is 5.32 Å². The molecular weight excluding hydrogens is 233 g/mol. The van der Waals surface area contributed by atoms with Crippen LogP contribution < -0.4 is 5.32 Å². The molecule has 0 heterocycles. The lowest BCUT2D eigenvalue weighted by atomic mass is 10.0. The molecule has 0 spiro atoms.